The second kappa shape index (κ2) is 6.38. The van der Waals surface area contributed by atoms with Gasteiger partial charge in [0.25, 0.3) is 0 Å². The number of benzene rings is 1. The van der Waals surface area contributed by atoms with E-state index in [2.05, 4.69) is 12.1 Å². The van der Waals surface area contributed by atoms with Gasteiger partial charge in [0.1, 0.15) is 5.92 Å². The highest BCUT2D eigenvalue weighted by molar-refractivity contribution is 5.97. The topological polar surface area (TPSA) is 44.1 Å². The predicted octanol–water partition coefficient (Wildman–Crippen LogP) is 3.30. The van der Waals surface area contributed by atoms with Crippen LogP contribution in [0.3, 0.4) is 0 Å². The fourth-order valence-corrected chi connectivity index (χ4v) is 2.64. The van der Waals surface area contributed by atoms with E-state index in [0.717, 1.165) is 37.9 Å². The van der Waals surface area contributed by atoms with Gasteiger partial charge >= 0.3 is 0 Å². The fraction of sp³-hybridized carbons (Fsp3) is 0.500. The van der Waals surface area contributed by atoms with Gasteiger partial charge in [-0.05, 0) is 37.3 Å². The lowest BCUT2D eigenvalue weighted by Gasteiger charge is -2.25. The molecule has 1 aromatic rings. The van der Waals surface area contributed by atoms with E-state index in [1.54, 1.807) is 0 Å². The monoisotopic (exact) mass is 256 g/mol. The molecule has 0 radical (unpaired) electrons. The summed E-state index contributed by atoms with van der Waals surface area (Å²) in [6.07, 6.45) is 4.63. The molecule has 1 amide bonds. The van der Waals surface area contributed by atoms with Gasteiger partial charge in [-0.3, -0.25) is 4.79 Å². The maximum Gasteiger partial charge on any atom is 0.244 e. The molecule has 1 aromatic carbocycles. The van der Waals surface area contributed by atoms with Crippen LogP contribution in [0.15, 0.2) is 24.3 Å². The van der Waals surface area contributed by atoms with E-state index in [1.807, 2.05) is 30.0 Å². The van der Waals surface area contributed by atoms with Crippen LogP contribution in [0.5, 0.6) is 0 Å². The minimum Gasteiger partial charge on any atom is -0.311 e. The van der Waals surface area contributed by atoms with Gasteiger partial charge in [0.2, 0.25) is 5.91 Å². The number of amides is 1. The Morgan fingerprint density at radius 1 is 1.42 bits per heavy atom. The minimum absolute atomic E-state index is 0.0290. The normalized spacial score (nSPS) is 16.1. The number of aryl methyl sites for hydroxylation is 1. The first-order valence-electron chi connectivity index (χ1n) is 7.06. The third-order valence-corrected chi connectivity index (χ3v) is 3.66. The molecule has 0 bridgehead atoms. The van der Waals surface area contributed by atoms with Gasteiger partial charge in [0.05, 0.1) is 6.07 Å². The van der Waals surface area contributed by atoms with Crippen molar-refractivity contribution in [1.29, 1.82) is 5.26 Å². The summed E-state index contributed by atoms with van der Waals surface area (Å²) in [7, 11) is 0. The van der Waals surface area contributed by atoms with Gasteiger partial charge in [0, 0.05) is 12.2 Å². The van der Waals surface area contributed by atoms with Crippen LogP contribution < -0.4 is 4.90 Å². The smallest absolute Gasteiger partial charge is 0.244 e. The van der Waals surface area contributed by atoms with Crippen LogP contribution >= 0.6 is 0 Å². The molecule has 0 aliphatic carbocycles. The average molecular weight is 256 g/mol. The van der Waals surface area contributed by atoms with Crippen LogP contribution in [0.1, 0.15) is 38.2 Å². The quantitative estimate of drug-likeness (QED) is 0.833. The van der Waals surface area contributed by atoms with Crippen molar-refractivity contribution in [2.45, 2.75) is 39.0 Å². The number of carbonyl (C=O) groups is 1. The number of anilines is 1. The Morgan fingerprint density at radius 3 is 2.95 bits per heavy atom. The lowest BCUT2D eigenvalue weighted by molar-refractivity contribution is -0.121. The van der Waals surface area contributed by atoms with E-state index in [0.29, 0.717) is 6.42 Å². The predicted molar refractivity (Wildman–Crippen MR) is 75.7 cm³/mol. The molecule has 0 fully saturated rings. The highest BCUT2D eigenvalue weighted by Gasteiger charge is 2.26. The zero-order valence-electron chi connectivity index (χ0n) is 11.4. The van der Waals surface area contributed by atoms with Crippen LogP contribution in [0.2, 0.25) is 0 Å². The van der Waals surface area contributed by atoms with Crippen molar-refractivity contribution in [1.82, 2.24) is 0 Å². The summed E-state index contributed by atoms with van der Waals surface area (Å²) in [5.41, 5.74) is 2.22. The first-order chi connectivity index (χ1) is 9.27. The third kappa shape index (κ3) is 2.96. The molecular formula is C16H20N2O. The molecule has 19 heavy (non-hydrogen) atoms. The first-order valence-corrected chi connectivity index (χ1v) is 7.06. The van der Waals surface area contributed by atoms with Gasteiger partial charge in [-0.25, -0.2) is 0 Å². The first kappa shape index (κ1) is 13.6. The summed E-state index contributed by atoms with van der Waals surface area (Å²) in [6.45, 7) is 2.74. The van der Waals surface area contributed by atoms with Crippen molar-refractivity contribution in [3.05, 3.63) is 29.8 Å². The Hall–Kier alpha value is -1.82. The Morgan fingerprint density at radius 2 is 2.21 bits per heavy atom. The maximum atomic E-state index is 12.5. The Kier molecular flexibility index (Phi) is 4.57. The van der Waals surface area contributed by atoms with E-state index < -0.39 is 5.92 Å². The van der Waals surface area contributed by atoms with Gasteiger partial charge in [-0.2, -0.15) is 5.26 Å². The summed E-state index contributed by atoms with van der Waals surface area (Å²) in [5.74, 6) is -0.533. The van der Waals surface area contributed by atoms with Crippen molar-refractivity contribution < 1.29 is 4.79 Å². The molecule has 1 aliphatic heterocycles. The number of nitrogens with zero attached hydrogens (tertiary/aromatic N) is 2. The van der Waals surface area contributed by atoms with E-state index in [-0.39, 0.29) is 5.91 Å². The molecule has 0 N–H and O–H groups in total. The second-order valence-electron chi connectivity index (χ2n) is 5.05. The summed E-state index contributed by atoms with van der Waals surface area (Å²) >= 11 is 0. The van der Waals surface area contributed by atoms with Crippen LogP contribution in [0.25, 0.3) is 0 Å². The molecule has 1 heterocycles. The van der Waals surface area contributed by atoms with Gasteiger partial charge in [-0.15, -0.1) is 0 Å². The molecule has 1 atom stereocenters. The molecule has 3 heteroatoms. The van der Waals surface area contributed by atoms with Crippen molar-refractivity contribution in [2.24, 2.45) is 5.92 Å². The highest BCUT2D eigenvalue weighted by Crippen LogP contribution is 2.27. The maximum absolute atomic E-state index is 12.5. The molecule has 1 unspecified atom stereocenters. The largest absolute Gasteiger partial charge is 0.311 e. The van der Waals surface area contributed by atoms with Crippen molar-refractivity contribution in [3.63, 3.8) is 0 Å². The van der Waals surface area contributed by atoms with Crippen molar-refractivity contribution in [3.8, 4) is 6.07 Å². The Bertz CT molecular complexity index is 490. The number of para-hydroxylation sites is 1. The molecule has 1 aliphatic rings. The average Bonchev–Trinajstić information content (AvgIpc) is 2.66. The lowest BCUT2D eigenvalue weighted by Crippen LogP contribution is -2.36. The lowest BCUT2D eigenvalue weighted by atomic mass is 10.0. The number of rotatable bonds is 3. The minimum atomic E-state index is -0.504. The number of nitriles is 1. The van der Waals surface area contributed by atoms with Gasteiger partial charge < -0.3 is 4.90 Å². The number of hydrogen-bond acceptors (Lipinski definition) is 2. The van der Waals surface area contributed by atoms with Gasteiger partial charge in [0.15, 0.2) is 0 Å². The zero-order valence-corrected chi connectivity index (χ0v) is 11.4. The molecule has 0 aromatic heterocycles. The summed E-state index contributed by atoms with van der Waals surface area (Å²) < 4.78 is 0. The standard InChI is InChI=1S/C16H20N2O/c1-2-7-14(12-17)16(19)18-11-6-5-9-13-8-3-4-10-15(13)18/h3-4,8,10,14H,2,5-7,9,11H2,1H3. The van der Waals surface area contributed by atoms with Crippen LogP contribution in [-0.4, -0.2) is 12.5 Å². The number of fused-ring (bicyclic) bond motifs is 1. The van der Waals surface area contributed by atoms with E-state index in [1.165, 1.54) is 5.56 Å². The SMILES string of the molecule is CCCC(C#N)C(=O)N1CCCCc2ccccc21. The van der Waals surface area contributed by atoms with Crippen molar-refractivity contribution >= 4 is 11.6 Å². The number of carbonyl (C=O) groups excluding carboxylic acids is 1. The summed E-state index contributed by atoms with van der Waals surface area (Å²) in [4.78, 5) is 14.4. The zero-order chi connectivity index (χ0) is 13.7. The fourth-order valence-electron chi connectivity index (χ4n) is 2.64. The molecule has 0 spiro atoms. The van der Waals surface area contributed by atoms with Crippen LogP contribution in [-0.2, 0) is 11.2 Å². The molecular weight excluding hydrogens is 236 g/mol. The highest BCUT2D eigenvalue weighted by atomic mass is 16.2. The molecule has 3 nitrogen and oxygen atoms in total. The molecule has 0 saturated carbocycles. The number of hydrogen-bond donors (Lipinski definition) is 0. The van der Waals surface area contributed by atoms with Crippen LogP contribution in [0.4, 0.5) is 5.69 Å². The van der Waals surface area contributed by atoms with E-state index >= 15 is 0 Å². The molecule has 2 rings (SSSR count). The van der Waals surface area contributed by atoms with E-state index in [4.69, 9.17) is 0 Å². The van der Waals surface area contributed by atoms with Crippen molar-refractivity contribution in [2.75, 3.05) is 11.4 Å². The Balaban J connectivity index is 2.29. The molecule has 0 saturated heterocycles. The molecule has 100 valence electrons. The van der Waals surface area contributed by atoms with Crippen LogP contribution in [0, 0.1) is 17.2 Å². The van der Waals surface area contributed by atoms with Gasteiger partial charge in [-0.1, -0.05) is 31.5 Å². The Labute approximate surface area is 114 Å². The van der Waals surface area contributed by atoms with E-state index in [9.17, 15) is 10.1 Å². The third-order valence-electron chi connectivity index (χ3n) is 3.66. The second-order valence-corrected chi connectivity index (χ2v) is 5.05. The summed E-state index contributed by atoms with van der Waals surface area (Å²) in [5, 5.41) is 9.18. The summed E-state index contributed by atoms with van der Waals surface area (Å²) in [6, 6.07) is 10.2.